The lowest BCUT2D eigenvalue weighted by Crippen LogP contribution is -2.38. The minimum Gasteiger partial charge on any atom is -0.354 e. The number of amides is 4. The summed E-state index contributed by atoms with van der Waals surface area (Å²) in [6.07, 6.45) is 1.81. The summed E-state index contributed by atoms with van der Waals surface area (Å²) < 4.78 is 0. The van der Waals surface area contributed by atoms with Gasteiger partial charge in [-0.25, -0.2) is 0 Å². The van der Waals surface area contributed by atoms with Crippen molar-refractivity contribution >= 4 is 52.1 Å². The number of benzene rings is 1. The molecule has 2 aromatic rings. The Balaban J connectivity index is 1.41. The molecule has 2 N–H and O–H groups in total. The number of carbonyl (C=O) groups excluding carboxylic acids is 4. The summed E-state index contributed by atoms with van der Waals surface area (Å²) in [5.41, 5.74) is 1.96. The molecule has 0 atom stereocenters. The number of hydrogen-bond donors (Lipinski definition) is 2. The number of nitrogens with zero attached hydrogens (tertiary/aromatic N) is 1. The van der Waals surface area contributed by atoms with E-state index in [-0.39, 0.29) is 49.0 Å². The molecule has 1 fully saturated rings. The van der Waals surface area contributed by atoms with Crippen molar-refractivity contribution < 1.29 is 19.2 Å². The lowest BCUT2D eigenvalue weighted by atomic mass is 10.1. The van der Waals surface area contributed by atoms with Crippen LogP contribution in [0.15, 0.2) is 46.7 Å². The topological polar surface area (TPSA) is 95.6 Å². The molecule has 0 spiro atoms. The highest BCUT2D eigenvalue weighted by Gasteiger charge is 2.34. The Hall–Kier alpha value is -2.91. The van der Waals surface area contributed by atoms with Crippen molar-refractivity contribution in [2.75, 3.05) is 19.6 Å². The van der Waals surface area contributed by atoms with Crippen molar-refractivity contribution in [1.82, 2.24) is 15.5 Å². The molecule has 0 bridgehead atoms. The van der Waals surface area contributed by atoms with Crippen LogP contribution < -0.4 is 10.6 Å². The average Bonchev–Trinajstić information content (AvgIpc) is 3.34. The lowest BCUT2D eigenvalue weighted by molar-refractivity contribution is -0.124. The van der Waals surface area contributed by atoms with Gasteiger partial charge in [0.2, 0.25) is 5.91 Å². The van der Waals surface area contributed by atoms with Gasteiger partial charge in [-0.1, -0.05) is 35.9 Å². The maximum atomic E-state index is 12.5. The van der Waals surface area contributed by atoms with Crippen LogP contribution in [0.5, 0.6) is 0 Å². The first-order valence-corrected chi connectivity index (χ1v) is 11.0. The van der Waals surface area contributed by atoms with Gasteiger partial charge in [0.15, 0.2) is 0 Å². The van der Waals surface area contributed by atoms with E-state index in [0.29, 0.717) is 9.78 Å². The summed E-state index contributed by atoms with van der Waals surface area (Å²) in [5, 5.41) is 6.80. The minimum absolute atomic E-state index is 0.100. The van der Waals surface area contributed by atoms with Crippen molar-refractivity contribution in [1.29, 1.82) is 0 Å². The Morgan fingerprint density at radius 3 is 2.53 bits per heavy atom. The van der Waals surface area contributed by atoms with Gasteiger partial charge in [0.25, 0.3) is 17.1 Å². The molecular weight excluding hydrogens is 422 g/mol. The molecule has 30 heavy (non-hydrogen) atoms. The molecule has 4 amide bonds. The summed E-state index contributed by atoms with van der Waals surface area (Å²) in [6, 6.07) is 11.2. The highest BCUT2D eigenvalue weighted by molar-refractivity contribution is 8.18. The maximum absolute atomic E-state index is 12.5. The van der Waals surface area contributed by atoms with Gasteiger partial charge in [0.1, 0.15) is 0 Å². The van der Waals surface area contributed by atoms with Crippen LogP contribution in [-0.2, 0) is 9.59 Å². The zero-order valence-corrected chi connectivity index (χ0v) is 18.0. The predicted molar refractivity (Wildman–Crippen MR) is 118 cm³/mol. The van der Waals surface area contributed by atoms with Crippen LogP contribution in [0.2, 0.25) is 0 Å². The van der Waals surface area contributed by atoms with Crippen molar-refractivity contribution in [3.05, 3.63) is 62.7 Å². The van der Waals surface area contributed by atoms with Gasteiger partial charge in [-0.05, 0) is 41.8 Å². The number of nitrogens with one attached hydrogen (secondary N) is 2. The molecule has 0 aliphatic carbocycles. The number of carbonyl (C=O) groups is 4. The zero-order valence-electron chi connectivity index (χ0n) is 16.3. The van der Waals surface area contributed by atoms with Gasteiger partial charge in [-0.15, -0.1) is 11.3 Å². The fraction of sp³-hybridized carbons (Fsp3) is 0.238. The molecule has 0 saturated carbocycles. The average molecular weight is 444 g/mol. The minimum atomic E-state index is -0.358. The normalized spacial score (nSPS) is 15.0. The third kappa shape index (κ3) is 5.80. The van der Waals surface area contributed by atoms with Gasteiger partial charge < -0.3 is 10.6 Å². The van der Waals surface area contributed by atoms with E-state index in [9.17, 15) is 19.2 Å². The van der Waals surface area contributed by atoms with Crippen LogP contribution in [0.4, 0.5) is 4.79 Å². The molecule has 1 aromatic heterocycles. The molecule has 1 aliphatic rings. The molecule has 3 rings (SSSR count). The molecule has 1 saturated heterocycles. The summed E-state index contributed by atoms with van der Waals surface area (Å²) in [6.45, 7) is 2.45. The second kappa shape index (κ2) is 10.2. The molecule has 2 heterocycles. The Morgan fingerprint density at radius 2 is 1.83 bits per heavy atom. The van der Waals surface area contributed by atoms with Crippen LogP contribution in [0, 0.1) is 6.92 Å². The van der Waals surface area contributed by atoms with Gasteiger partial charge in [-0.3, -0.25) is 24.1 Å². The smallest absolute Gasteiger partial charge is 0.293 e. The largest absolute Gasteiger partial charge is 0.354 e. The van der Waals surface area contributed by atoms with Crippen LogP contribution >= 0.6 is 23.1 Å². The Bertz CT molecular complexity index is 969. The molecule has 0 unspecified atom stereocenters. The molecule has 0 radical (unpaired) electrons. The summed E-state index contributed by atoms with van der Waals surface area (Å²) in [5.74, 6) is -0.831. The van der Waals surface area contributed by atoms with E-state index >= 15 is 0 Å². The summed E-state index contributed by atoms with van der Waals surface area (Å²) >= 11 is 2.23. The van der Waals surface area contributed by atoms with Crippen LogP contribution in [0.25, 0.3) is 6.08 Å². The van der Waals surface area contributed by atoms with E-state index in [1.165, 1.54) is 11.3 Å². The SMILES string of the molecule is Cc1ccc(/C=C2\SC(=O)N(CCNC(=O)CCNC(=O)c3cccs3)C2=O)cc1. The predicted octanol–water partition coefficient (Wildman–Crippen LogP) is 3.03. The van der Waals surface area contributed by atoms with E-state index in [0.717, 1.165) is 27.8 Å². The second-order valence-corrected chi connectivity index (χ2v) is 8.52. The van der Waals surface area contributed by atoms with Crippen LogP contribution in [-0.4, -0.2) is 47.5 Å². The molecule has 7 nitrogen and oxygen atoms in total. The highest BCUT2D eigenvalue weighted by atomic mass is 32.2. The van der Waals surface area contributed by atoms with Crippen molar-refractivity contribution in [3.8, 4) is 0 Å². The third-order valence-corrected chi connectivity index (χ3v) is 6.06. The van der Waals surface area contributed by atoms with Gasteiger partial charge >= 0.3 is 0 Å². The quantitative estimate of drug-likeness (QED) is 0.612. The van der Waals surface area contributed by atoms with Gasteiger partial charge in [-0.2, -0.15) is 0 Å². The fourth-order valence-corrected chi connectivity index (χ4v) is 4.19. The Kier molecular flexibility index (Phi) is 7.42. The molecular formula is C21H21N3O4S2. The van der Waals surface area contributed by atoms with E-state index < -0.39 is 0 Å². The number of thiophene rings is 1. The standard InChI is InChI=1S/C21H21N3O4S2/c1-14-4-6-15(7-5-14)13-17-20(27)24(21(28)30-17)11-10-22-18(25)8-9-23-19(26)16-3-2-12-29-16/h2-7,12-13H,8-11H2,1H3,(H,22,25)(H,23,26)/b17-13-. The maximum Gasteiger partial charge on any atom is 0.293 e. The zero-order chi connectivity index (χ0) is 21.5. The molecule has 9 heteroatoms. The van der Waals surface area contributed by atoms with E-state index in [1.54, 1.807) is 18.2 Å². The summed E-state index contributed by atoms with van der Waals surface area (Å²) in [4.78, 5) is 50.4. The van der Waals surface area contributed by atoms with Crippen molar-refractivity contribution in [2.45, 2.75) is 13.3 Å². The van der Waals surface area contributed by atoms with E-state index in [1.807, 2.05) is 36.6 Å². The number of thioether (sulfide) groups is 1. The highest BCUT2D eigenvalue weighted by Crippen LogP contribution is 2.31. The number of rotatable bonds is 8. The van der Waals surface area contributed by atoms with Crippen molar-refractivity contribution in [3.63, 3.8) is 0 Å². The van der Waals surface area contributed by atoms with Crippen LogP contribution in [0.3, 0.4) is 0 Å². The van der Waals surface area contributed by atoms with E-state index in [4.69, 9.17) is 0 Å². The van der Waals surface area contributed by atoms with Crippen LogP contribution in [0.1, 0.15) is 27.2 Å². The van der Waals surface area contributed by atoms with Crippen molar-refractivity contribution in [2.24, 2.45) is 0 Å². The molecule has 1 aliphatic heterocycles. The lowest BCUT2D eigenvalue weighted by Gasteiger charge is -2.13. The number of aryl methyl sites for hydroxylation is 1. The first-order valence-electron chi connectivity index (χ1n) is 9.34. The fourth-order valence-electron chi connectivity index (χ4n) is 2.69. The number of hydrogen-bond acceptors (Lipinski definition) is 6. The Labute approximate surface area is 182 Å². The van der Waals surface area contributed by atoms with Gasteiger partial charge in [0.05, 0.1) is 9.78 Å². The molecule has 156 valence electrons. The molecule has 1 aromatic carbocycles. The third-order valence-electron chi connectivity index (χ3n) is 4.29. The van der Waals surface area contributed by atoms with Gasteiger partial charge in [0, 0.05) is 26.1 Å². The van der Waals surface area contributed by atoms with E-state index in [2.05, 4.69) is 10.6 Å². The summed E-state index contributed by atoms with van der Waals surface area (Å²) in [7, 11) is 0. The Morgan fingerprint density at radius 1 is 1.07 bits per heavy atom. The first-order chi connectivity index (χ1) is 14.4. The first kappa shape index (κ1) is 21.8. The second-order valence-electron chi connectivity index (χ2n) is 6.58. The monoisotopic (exact) mass is 443 g/mol. The number of imide groups is 1.